The van der Waals surface area contributed by atoms with Crippen molar-refractivity contribution in [2.45, 2.75) is 50.5 Å². The van der Waals surface area contributed by atoms with Gasteiger partial charge in [-0.25, -0.2) is 4.79 Å². The minimum Gasteiger partial charge on any atom is -0.380 e. The molecule has 0 unspecified atom stereocenters. The summed E-state index contributed by atoms with van der Waals surface area (Å²) in [5.41, 5.74) is 1.70. The zero-order valence-electron chi connectivity index (χ0n) is 13.8. The Morgan fingerprint density at radius 1 is 1.35 bits per heavy atom. The van der Waals surface area contributed by atoms with E-state index in [0.717, 1.165) is 36.9 Å². The molecular weight excluding hydrogens is 312 g/mol. The van der Waals surface area contributed by atoms with Gasteiger partial charge in [0.25, 0.3) is 0 Å². The summed E-state index contributed by atoms with van der Waals surface area (Å²) in [6.07, 6.45) is 3.76. The predicted octanol–water partition coefficient (Wildman–Crippen LogP) is 3.03. The number of carbonyl (C=O) groups excluding carboxylic acids is 1. The first-order valence-electron chi connectivity index (χ1n) is 8.15. The maximum absolute atomic E-state index is 12.2. The van der Waals surface area contributed by atoms with Gasteiger partial charge >= 0.3 is 6.03 Å². The van der Waals surface area contributed by atoms with Gasteiger partial charge in [-0.2, -0.15) is 0 Å². The van der Waals surface area contributed by atoms with Crippen molar-refractivity contribution in [1.29, 1.82) is 0 Å². The second-order valence-electron chi connectivity index (χ2n) is 5.84. The summed E-state index contributed by atoms with van der Waals surface area (Å²) in [6, 6.07) is 7.49. The lowest BCUT2D eigenvalue weighted by Gasteiger charge is -2.29. The normalized spacial score (nSPS) is 22.3. The Morgan fingerprint density at radius 2 is 2.13 bits per heavy atom. The van der Waals surface area contributed by atoms with Crippen LogP contribution in [0.4, 0.5) is 10.5 Å². The number of benzene rings is 1. The highest BCUT2D eigenvalue weighted by Gasteiger charge is 2.26. The van der Waals surface area contributed by atoms with Crippen molar-refractivity contribution in [3.8, 4) is 0 Å². The van der Waals surface area contributed by atoms with E-state index in [4.69, 9.17) is 4.74 Å². The molecule has 2 N–H and O–H groups in total. The quantitative estimate of drug-likeness (QED) is 0.838. The molecule has 0 heterocycles. The van der Waals surface area contributed by atoms with Crippen molar-refractivity contribution < 1.29 is 13.7 Å². The minimum atomic E-state index is -0.781. The number of rotatable bonds is 6. The molecule has 3 atom stereocenters. The van der Waals surface area contributed by atoms with Gasteiger partial charge in [0.1, 0.15) is 0 Å². The van der Waals surface area contributed by atoms with Gasteiger partial charge in [0, 0.05) is 46.2 Å². The number of anilines is 1. The molecule has 0 bridgehead atoms. The van der Waals surface area contributed by atoms with Gasteiger partial charge in [-0.05, 0) is 25.3 Å². The summed E-state index contributed by atoms with van der Waals surface area (Å²) in [4.78, 5) is 12.2. The molecule has 0 aliphatic heterocycles. The van der Waals surface area contributed by atoms with Crippen LogP contribution < -0.4 is 10.6 Å². The molecule has 128 valence electrons. The van der Waals surface area contributed by atoms with Crippen molar-refractivity contribution in [3.63, 3.8) is 0 Å². The number of carbonyl (C=O) groups is 1. The van der Waals surface area contributed by atoms with E-state index in [2.05, 4.69) is 10.6 Å². The maximum atomic E-state index is 12.2. The average molecular weight is 338 g/mol. The fraction of sp³-hybridized carbons (Fsp3) is 0.588. The molecular formula is C17H26N2O3S. The molecule has 2 rings (SSSR count). The van der Waals surface area contributed by atoms with E-state index in [1.165, 1.54) is 0 Å². The smallest absolute Gasteiger partial charge is 0.319 e. The number of amides is 2. The molecule has 1 aliphatic carbocycles. The van der Waals surface area contributed by atoms with Crippen molar-refractivity contribution in [2.24, 2.45) is 0 Å². The summed E-state index contributed by atoms with van der Waals surface area (Å²) in [6.45, 7) is 2.41. The lowest BCUT2D eigenvalue weighted by Crippen LogP contribution is -2.43. The van der Waals surface area contributed by atoms with E-state index in [-0.39, 0.29) is 17.3 Å². The highest BCUT2D eigenvalue weighted by molar-refractivity contribution is 7.85. The van der Waals surface area contributed by atoms with Crippen molar-refractivity contribution >= 4 is 22.5 Å². The molecule has 6 heteroatoms. The number of urea groups is 1. The van der Waals surface area contributed by atoms with Gasteiger partial charge in [0.05, 0.1) is 6.61 Å². The standard InChI is InChI=1S/C17H26N2O3S/c1-3-23(21)15-9-6-8-14(11-15)18-17(20)19-16-10-5-4-7-13(16)12-22-2/h4-5,7,10,14-15H,3,6,8-9,11-12H2,1-2H3,(H2,18,19,20)/t14-,15+,23+/m1/s1. The van der Waals surface area contributed by atoms with E-state index in [9.17, 15) is 9.00 Å². The second kappa shape index (κ2) is 9.03. The topological polar surface area (TPSA) is 67.4 Å². The largest absolute Gasteiger partial charge is 0.380 e. The van der Waals surface area contributed by atoms with E-state index >= 15 is 0 Å². The molecule has 2 amide bonds. The first-order valence-corrected chi connectivity index (χ1v) is 9.53. The number of ether oxygens (including phenoxy) is 1. The van der Waals surface area contributed by atoms with Crippen LogP contribution in [0.15, 0.2) is 24.3 Å². The van der Waals surface area contributed by atoms with Gasteiger partial charge in [0.2, 0.25) is 0 Å². The number of para-hydroxylation sites is 1. The predicted molar refractivity (Wildman–Crippen MR) is 94.0 cm³/mol. The lowest BCUT2D eigenvalue weighted by molar-refractivity contribution is 0.185. The molecule has 0 radical (unpaired) electrons. The monoisotopic (exact) mass is 338 g/mol. The average Bonchev–Trinajstić information content (AvgIpc) is 2.56. The summed E-state index contributed by atoms with van der Waals surface area (Å²) in [5.74, 6) is 0.688. The Hall–Kier alpha value is -1.40. The highest BCUT2D eigenvalue weighted by atomic mass is 32.2. The molecule has 0 aromatic heterocycles. The third-order valence-electron chi connectivity index (χ3n) is 4.18. The van der Waals surface area contributed by atoms with Crippen LogP contribution in [-0.4, -0.2) is 34.4 Å². The number of hydrogen-bond acceptors (Lipinski definition) is 3. The number of nitrogens with one attached hydrogen (secondary N) is 2. The summed E-state index contributed by atoms with van der Waals surface area (Å²) in [5, 5.41) is 6.12. The summed E-state index contributed by atoms with van der Waals surface area (Å²) in [7, 11) is 0.850. The first kappa shape index (κ1) is 17.9. The van der Waals surface area contributed by atoms with Crippen LogP contribution in [0.25, 0.3) is 0 Å². The second-order valence-corrected chi connectivity index (χ2v) is 7.85. The van der Waals surface area contributed by atoms with E-state index in [1.807, 2.05) is 31.2 Å². The fourth-order valence-corrected chi connectivity index (χ4v) is 4.37. The Labute approximate surface area is 140 Å². The molecule has 1 aliphatic rings. The van der Waals surface area contributed by atoms with Crippen LogP contribution in [0.3, 0.4) is 0 Å². The first-order chi connectivity index (χ1) is 11.1. The van der Waals surface area contributed by atoms with Gasteiger partial charge in [-0.1, -0.05) is 31.5 Å². The van der Waals surface area contributed by atoms with Crippen molar-refractivity contribution in [3.05, 3.63) is 29.8 Å². The summed E-state index contributed by atoms with van der Waals surface area (Å²) < 4.78 is 17.1. The zero-order chi connectivity index (χ0) is 16.7. The molecule has 1 saturated carbocycles. The van der Waals surface area contributed by atoms with Crippen LogP contribution in [0.1, 0.15) is 38.2 Å². The van der Waals surface area contributed by atoms with Crippen LogP contribution in [-0.2, 0) is 22.1 Å². The minimum absolute atomic E-state index is 0.0961. The Bertz CT molecular complexity index is 550. The Balaban J connectivity index is 1.91. The van der Waals surface area contributed by atoms with E-state index in [1.54, 1.807) is 7.11 Å². The highest BCUT2D eigenvalue weighted by Crippen LogP contribution is 2.23. The molecule has 0 saturated heterocycles. The van der Waals surface area contributed by atoms with Crippen molar-refractivity contribution in [2.75, 3.05) is 18.2 Å². The molecule has 0 spiro atoms. The van der Waals surface area contributed by atoms with Crippen molar-refractivity contribution in [1.82, 2.24) is 5.32 Å². The maximum Gasteiger partial charge on any atom is 0.319 e. The third-order valence-corrected chi connectivity index (χ3v) is 5.92. The molecule has 1 aromatic rings. The number of hydrogen-bond donors (Lipinski definition) is 2. The Morgan fingerprint density at radius 3 is 2.87 bits per heavy atom. The van der Waals surface area contributed by atoms with Gasteiger partial charge < -0.3 is 15.4 Å². The SMILES string of the molecule is CC[S@](=O)[C@H]1CCC[C@@H](NC(=O)Nc2ccccc2COC)C1. The van der Waals surface area contributed by atoms with Crippen LogP contribution in [0.5, 0.6) is 0 Å². The van der Waals surface area contributed by atoms with Crippen LogP contribution >= 0.6 is 0 Å². The van der Waals surface area contributed by atoms with Crippen LogP contribution in [0, 0.1) is 0 Å². The lowest BCUT2D eigenvalue weighted by atomic mass is 9.95. The van der Waals surface area contributed by atoms with Gasteiger partial charge in [-0.15, -0.1) is 0 Å². The number of methoxy groups -OCH3 is 1. The van der Waals surface area contributed by atoms with Crippen LogP contribution in [0.2, 0.25) is 0 Å². The molecule has 23 heavy (non-hydrogen) atoms. The fourth-order valence-electron chi connectivity index (χ4n) is 3.02. The third kappa shape index (κ3) is 5.32. The zero-order valence-corrected chi connectivity index (χ0v) is 14.7. The molecule has 1 fully saturated rings. The molecule has 1 aromatic carbocycles. The van der Waals surface area contributed by atoms with E-state index in [0.29, 0.717) is 12.4 Å². The summed E-state index contributed by atoms with van der Waals surface area (Å²) >= 11 is 0. The van der Waals surface area contributed by atoms with Gasteiger partial charge in [0.15, 0.2) is 0 Å². The Kier molecular flexibility index (Phi) is 7.05. The van der Waals surface area contributed by atoms with E-state index < -0.39 is 10.8 Å². The van der Waals surface area contributed by atoms with Gasteiger partial charge in [-0.3, -0.25) is 4.21 Å². The molecule has 5 nitrogen and oxygen atoms in total.